The maximum atomic E-state index is 14.5. The first kappa shape index (κ1) is 19.4. The first-order chi connectivity index (χ1) is 13.8. The van der Waals surface area contributed by atoms with Crippen molar-refractivity contribution >= 4 is 28.4 Å². The van der Waals surface area contributed by atoms with Crippen LogP contribution in [0.1, 0.15) is 38.7 Å². The molecule has 3 aromatic heterocycles. The molecule has 0 aliphatic carbocycles. The molecule has 0 amide bonds. The zero-order chi connectivity index (χ0) is 20.6. The fourth-order valence-corrected chi connectivity index (χ4v) is 3.62. The molecule has 3 aromatic rings. The number of halogens is 1. The molecular formula is C21H25FN6O. The highest BCUT2D eigenvalue weighted by atomic mass is 19.1. The molecule has 2 atom stereocenters. The van der Waals surface area contributed by atoms with Gasteiger partial charge >= 0.3 is 0 Å². The van der Waals surface area contributed by atoms with Crippen LogP contribution in [0.15, 0.2) is 36.9 Å². The summed E-state index contributed by atoms with van der Waals surface area (Å²) in [6.45, 7) is 6.23. The largest absolute Gasteiger partial charge is 0.390 e. The Hall–Kier alpha value is -2.87. The first-order valence-corrected chi connectivity index (χ1v) is 9.79. The number of rotatable bonds is 4. The summed E-state index contributed by atoms with van der Waals surface area (Å²) in [5.74, 6) is 2.02. The lowest BCUT2D eigenvalue weighted by Crippen LogP contribution is -2.52. The molecule has 29 heavy (non-hydrogen) atoms. The molecule has 0 bridgehead atoms. The van der Waals surface area contributed by atoms with Gasteiger partial charge in [-0.1, -0.05) is 13.8 Å². The fraction of sp³-hybridized carbons (Fsp3) is 0.429. The molecule has 152 valence electrons. The number of aliphatic hydroxyl groups is 1. The van der Waals surface area contributed by atoms with E-state index in [1.165, 1.54) is 6.92 Å². The highest BCUT2D eigenvalue weighted by Gasteiger charge is 2.39. The van der Waals surface area contributed by atoms with Crippen LogP contribution in [0.4, 0.5) is 22.0 Å². The summed E-state index contributed by atoms with van der Waals surface area (Å²) in [4.78, 5) is 19.3. The third-order valence-corrected chi connectivity index (χ3v) is 5.34. The smallest absolute Gasteiger partial charge is 0.227 e. The number of piperidine rings is 1. The number of hydrogen-bond acceptors (Lipinski definition) is 7. The molecule has 4 heterocycles. The second-order valence-electron chi connectivity index (χ2n) is 8.05. The Morgan fingerprint density at radius 3 is 2.83 bits per heavy atom. The molecule has 7 nitrogen and oxygen atoms in total. The summed E-state index contributed by atoms with van der Waals surface area (Å²) in [5, 5.41) is 15.1. The number of nitrogens with one attached hydrogen (secondary N) is 1. The molecule has 8 heteroatoms. The van der Waals surface area contributed by atoms with Gasteiger partial charge in [-0.05, 0) is 42.3 Å². The minimum absolute atomic E-state index is 0.0522. The number of hydrogen-bond donors (Lipinski definition) is 2. The highest BCUT2D eigenvalue weighted by molar-refractivity contribution is 5.87. The Labute approximate surface area is 169 Å². The Bertz CT molecular complexity index is 1020. The Kier molecular flexibility index (Phi) is 5.04. The molecule has 0 spiro atoms. The van der Waals surface area contributed by atoms with Crippen LogP contribution in [0, 0.1) is 0 Å². The summed E-state index contributed by atoms with van der Waals surface area (Å²) in [6.07, 6.45) is 6.49. The normalized spacial score (nSPS) is 22.3. The van der Waals surface area contributed by atoms with Gasteiger partial charge in [-0.2, -0.15) is 4.98 Å². The molecule has 2 N–H and O–H groups in total. The summed E-state index contributed by atoms with van der Waals surface area (Å²) in [7, 11) is 0. The second kappa shape index (κ2) is 7.51. The van der Waals surface area contributed by atoms with Crippen LogP contribution in [0.3, 0.4) is 0 Å². The van der Waals surface area contributed by atoms with E-state index in [4.69, 9.17) is 0 Å². The average molecular weight is 396 g/mol. The van der Waals surface area contributed by atoms with E-state index >= 15 is 0 Å². The van der Waals surface area contributed by atoms with Gasteiger partial charge in [0.25, 0.3) is 0 Å². The fourth-order valence-electron chi connectivity index (χ4n) is 3.62. The lowest BCUT2D eigenvalue weighted by Gasteiger charge is -2.38. The molecule has 1 aliphatic heterocycles. The van der Waals surface area contributed by atoms with Crippen molar-refractivity contribution in [2.75, 3.05) is 23.3 Å². The summed E-state index contributed by atoms with van der Waals surface area (Å²) < 4.78 is 14.5. The van der Waals surface area contributed by atoms with Gasteiger partial charge in [-0.15, -0.1) is 0 Å². The third-order valence-electron chi connectivity index (χ3n) is 5.34. The minimum Gasteiger partial charge on any atom is -0.390 e. The van der Waals surface area contributed by atoms with Crippen LogP contribution in [-0.2, 0) is 0 Å². The first-order valence-electron chi connectivity index (χ1n) is 9.79. The predicted molar refractivity (Wildman–Crippen MR) is 111 cm³/mol. The molecule has 1 aliphatic rings. The number of pyridine rings is 2. The van der Waals surface area contributed by atoms with Crippen molar-refractivity contribution < 1.29 is 9.50 Å². The Balaban J connectivity index is 1.59. The van der Waals surface area contributed by atoms with Crippen molar-refractivity contribution in [3.8, 4) is 0 Å². The molecule has 0 aromatic carbocycles. The van der Waals surface area contributed by atoms with Crippen molar-refractivity contribution in [1.29, 1.82) is 0 Å². The number of aromatic nitrogens is 4. The van der Waals surface area contributed by atoms with Gasteiger partial charge in [-0.3, -0.25) is 4.98 Å². The second-order valence-corrected chi connectivity index (χ2v) is 8.05. The average Bonchev–Trinajstić information content (AvgIpc) is 2.69. The number of fused-ring (bicyclic) bond motifs is 1. The SMILES string of the molecule is CC(C)c1cncc2cnc(Nc3ccnc(N4CC[C@@H](O)[C@@](C)(F)C4)n3)cc12. The molecular weight excluding hydrogens is 371 g/mol. The summed E-state index contributed by atoms with van der Waals surface area (Å²) in [5.41, 5.74) is -0.530. The van der Waals surface area contributed by atoms with Crippen LogP contribution in [0.2, 0.25) is 0 Å². The van der Waals surface area contributed by atoms with Gasteiger partial charge in [0, 0.05) is 36.7 Å². The van der Waals surface area contributed by atoms with Gasteiger partial charge < -0.3 is 15.3 Å². The van der Waals surface area contributed by atoms with Gasteiger partial charge in [0.2, 0.25) is 5.95 Å². The summed E-state index contributed by atoms with van der Waals surface area (Å²) >= 11 is 0. The summed E-state index contributed by atoms with van der Waals surface area (Å²) in [6, 6.07) is 3.74. The molecule has 1 fully saturated rings. The predicted octanol–water partition coefficient (Wildman–Crippen LogP) is 3.59. The van der Waals surface area contributed by atoms with E-state index in [1.54, 1.807) is 29.6 Å². The van der Waals surface area contributed by atoms with E-state index in [-0.39, 0.29) is 6.54 Å². The van der Waals surface area contributed by atoms with E-state index < -0.39 is 11.8 Å². The topological polar surface area (TPSA) is 87.1 Å². The van der Waals surface area contributed by atoms with Crippen molar-refractivity contribution in [3.63, 3.8) is 0 Å². The lowest BCUT2D eigenvalue weighted by molar-refractivity contribution is -0.00860. The van der Waals surface area contributed by atoms with Crippen LogP contribution in [0.5, 0.6) is 0 Å². The van der Waals surface area contributed by atoms with E-state index in [0.717, 1.165) is 16.3 Å². The standard InChI is InChI=1S/C21H25FN6O/c1-13(2)16-11-23-9-14-10-25-19(8-15(14)16)26-18-4-6-24-20(27-18)28-7-5-17(29)21(3,22)12-28/h4,6,8-11,13,17,29H,5,7,12H2,1-3H3,(H,24,25,26,27)/t17-,21+/m1/s1. The van der Waals surface area contributed by atoms with Crippen LogP contribution in [-0.4, -0.2) is 49.9 Å². The zero-order valence-corrected chi connectivity index (χ0v) is 16.8. The van der Waals surface area contributed by atoms with Crippen molar-refractivity contribution in [1.82, 2.24) is 19.9 Å². The van der Waals surface area contributed by atoms with Crippen LogP contribution in [0.25, 0.3) is 10.8 Å². The van der Waals surface area contributed by atoms with Gasteiger partial charge in [0.05, 0.1) is 12.6 Å². The lowest BCUT2D eigenvalue weighted by atomic mass is 9.94. The van der Waals surface area contributed by atoms with E-state index in [0.29, 0.717) is 36.5 Å². The number of nitrogens with zero attached hydrogens (tertiary/aromatic N) is 5. The molecule has 0 saturated carbocycles. The highest BCUT2D eigenvalue weighted by Crippen LogP contribution is 2.29. The van der Waals surface area contributed by atoms with Crippen LogP contribution < -0.4 is 10.2 Å². The molecule has 4 rings (SSSR count). The zero-order valence-electron chi connectivity index (χ0n) is 16.8. The van der Waals surface area contributed by atoms with Gasteiger partial charge in [0.1, 0.15) is 11.6 Å². The van der Waals surface area contributed by atoms with E-state index in [1.807, 2.05) is 12.3 Å². The molecule has 1 saturated heterocycles. The van der Waals surface area contributed by atoms with Crippen LogP contribution >= 0.6 is 0 Å². The number of alkyl halides is 1. The molecule has 0 radical (unpaired) electrons. The third kappa shape index (κ3) is 3.98. The van der Waals surface area contributed by atoms with E-state index in [9.17, 15) is 9.50 Å². The Morgan fingerprint density at radius 2 is 2.07 bits per heavy atom. The monoisotopic (exact) mass is 396 g/mol. The molecule has 0 unspecified atom stereocenters. The van der Waals surface area contributed by atoms with Crippen molar-refractivity contribution in [2.45, 2.75) is 44.9 Å². The Morgan fingerprint density at radius 1 is 1.24 bits per heavy atom. The van der Waals surface area contributed by atoms with Crippen molar-refractivity contribution in [3.05, 3.63) is 42.5 Å². The minimum atomic E-state index is -1.69. The van der Waals surface area contributed by atoms with E-state index in [2.05, 4.69) is 39.1 Å². The maximum absolute atomic E-state index is 14.5. The van der Waals surface area contributed by atoms with Gasteiger partial charge in [0.15, 0.2) is 5.67 Å². The maximum Gasteiger partial charge on any atom is 0.227 e. The quantitative estimate of drug-likeness (QED) is 0.697. The number of anilines is 3. The van der Waals surface area contributed by atoms with Gasteiger partial charge in [-0.25, -0.2) is 14.4 Å². The number of aliphatic hydroxyl groups excluding tert-OH is 1. The van der Waals surface area contributed by atoms with Crippen molar-refractivity contribution in [2.24, 2.45) is 0 Å².